The lowest BCUT2D eigenvalue weighted by atomic mass is 10.1. The van der Waals surface area contributed by atoms with E-state index in [1.165, 1.54) is 23.5 Å². The smallest absolute Gasteiger partial charge is 0.246 e. The summed E-state index contributed by atoms with van der Waals surface area (Å²) in [6.07, 6.45) is 2.76. The second-order valence-corrected chi connectivity index (χ2v) is 6.51. The summed E-state index contributed by atoms with van der Waals surface area (Å²) in [5.74, 6) is 1.04. The van der Waals surface area contributed by atoms with Gasteiger partial charge in [0.05, 0.1) is 12.5 Å². The zero-order valence-electron chi connectivity index (χ0n) is 9.78. The normalized spacial score (nSPS) is 35.1. The van der Waals surface area contributed by atoms with E-state index in [1.807, 2.05) is 11.8 Å². The SMILES string of the molecule is CN1C(=O)CC(NCC2(C)CCCS2)C1=O. The molecule has 0 radical (unpaired) electrons. The lowest BCUT2D eigenvalue weighted by molar-refractivity contribution is -0.137. The molecular formula is C11H18N2O2S. The molecule has 1 N–H and O–H groups in total. The second-order valence-electron chi connectivity index (χ2n) is 4.83. The molecule has 2 heterocycles. The first kappa shape index (κ1) is 11.9. The van der Waals surface area contributed by atoms with Crippen LogP contribution in [0.25, 0.3) is 0 Å². The predicted octanol–water partition coefficient (Wildman–Crippen LogP) is 0.619. The van der Waals surface area contributed by atoms with Crippen LogP contribution >= 0.6 is 11.8 Å². The Labute approximate surface area is 100 Å². The zero-order chi connectivity index (χ0) is 11.8. The van der Waals surface area contributed by atoms with Crippen molar-refractivity contribution in [2.75, 3.05) is 19.3 Å². The van der Waals surface area contributed by atoms with Crippen molar-refractivity contribution in [3.63, 3.8) is 0 Å². The van der Waals surface area contributed by atoms with Crippen LogP contribution in [0.15, 0.2) is 0 Å². The van der Waals surface area contributed by atoms with Crippen molar-refractivity contribution in [1.82, 2.24) is 10.2 Å². The van der Waals surface area contributed by atoms with Gasteiger partial charge < -0.3 is 5.32 Å². The third-order valence-corrected chi connectivity index (χ3v) is 4.94. The third kappa shape index (κ3) is 2.25. The van der Waals surface area contributed by atoms with E-state index in [2.05, 4.69) is 12.2 Å². The molecule has 2 aliphatic heterocycles. The summed E-state index contributed by atoms with van der Waals surface area (Å²) >= 11 is 1.96. The van der Waals surface area contributed by atoms with Gasteiger partial charge in [-0.25, -0.2) is 0 Å². The molecule has 2 amide bonds. The molecule has 4 nitrogen and oxygen atoms in total. The van der Waals surface area contributed by atoms with Crippen molar-refractivity contribution < 1.29 is 9.59 Å². The van der Waals surface area contributed by atoms with Gasteiger partial charge in [0.25, 0.3) is 0 Å². The highest BCUT2D eigenvalue weighted by molar-refractivity contribution is 8.00. The number of amides is 2. The van der Waals surface area contributed by atoms with Crippen LogP contribution in [-0.4, -0.2) is 46.8 Å². The summed E-state index contributed by atoms with van der Waals surface area (Å²) < 4.78 is 0.241. The molecule has 2 atom stereocenters. The van der Waals surface area contributed by atoms with E-state index in [0.29, 0.717) is 6.42 Å². The van der Waals surface area contributed by atoms with Crippen LogP contribution < -0.4 is 5.32 Å². The minimum absolute atomic E-state index is 0.0771. The maximum absolute atomic E-state index is 11.7. The fraction of sp³-hybridized carbons (Fsp3) is 0.818. The first-order valence-electron chi connectivity index (χ1n) is 5.70. The second kappa shape index (κ2) is 4.37. The van der Waals surface area contributed by atoms with Gasteiger partial charge in [0, 0.05) is 18.3 Å². The molecular weight excluding hydrogens is 224 g/mol. The Morgan fingerprint density at radius 1 is 1.56 bits per heavy atom. The van der Waals surface area contributed by atoms with Gasteiger partial charge in [0.2, 0.25) is 11.8 Å². The summed E-state index contributed by atoms with van der Waals surface area (Å²) in [6, 6.07) is -0.296. The minimum atomic E-state index is -0.296. The predicted molar refractivity (Wildman–Crippen MR) is 64.3 cm³/mol. The number of hydrogen-bond acceptors (Lipinski definition) is 4. The topological polar surface area (TPSA) is 49.4 Å². The molecule has 0 bridgehead atoms. The van der Waals surface area contributed by atoms with Crippen molar-refractivity contribution in [3.05, 3.63) is 0 Å². The molecule has 0 aliphatic carbocycles. The summed E-state index contributed by atoms with van der Waals surface area (Å²) in [7, 11) is 1.55. The number of nitrogens with zero attached hydrogens (tertiary/aromatic N) is 1. The van der Waals surface area contributed by atoms with Gasteiger partial charge in [-0.3, -0.25) is 14.5 Å². The molecule has 2 fully saturated rings. The van der Waals surface area contributed by atoms with Gasteiger partial charge >= 0.3 is 0 Å². The van der Waals surface area contributed by atoms with Gasteiger partial charge in [-0.2, -0.15) is 11.8 Å². The van der Waals surface area contributed by atoms with Crippen LogP contribution in [-0.2, 0) is 9.59 Å². The average molecular weight is 242 g/mol. The van der Waals surface area contributed by atoms with E-state index in [1.54, 1.807) is 7.05 Å². The van der Waals surface area contributed by atoms with E-state index in [0.717, 1.165) is 6.54 Å². The highest BCUT2D eigenvalue weighted by Gasteiger charge is 2.38. The number of imide groups is 1. The molecule has 2 aliphatic rings. The molecule has 0 aromatic heterocycles. The van der Waals surface area contributed by atoms with Crippen molar-refractivity contribution in [2.45, 2.75) is 37.0 Å². The first-order valence-corrected chi connectivity index (χ1v) is 6.68. The maximum atomic E-state index is 11.7. The molecule has 5 heteroatoms. The van der Waals surface area contributed by atoms with Crippen molar-refractivity contribution in [1.29, 1.82) is 0 Å². The monoisotopic (exact) mass is 242 g/mol. The number of likely N-dealkylation sites (N-methyl/N-ethyl adjacent to an activating group) is 1. The Morgan fingerprint density at radius 3 is 2.81 bits per heavy atom. The van der Waals surface area contributed by atoms with E-state index in [4.69, 9.17) is 0 Å². The van der Waals surface area contributed by atoms with Gasteiger partial charge in [-0.05, 0) is 25.5 Å². The summed E-state index contributed by atoms with van der Waals surface area (Å²) in [5.41, 5.74) is 0. The number of carbonyl (C=O) groups excluding carboxylic acids is 2. The number of likely N-dealkylation sites (tertiary alicyclic amines) is 1. The van der Waals surface area contributed by atoms with E-state index in [9.17, 15) is 9.59 Å². The molecule has 0 aromatic carbocycles. The van der Waals surface area contributed by atoms with Gasteiger partial charge in [-0.1, -0.05) is 0 Å². The number of thioether (sulfide) groups is 1. The van der Waals surface area contributed by atoms with Crippen molar-refractivity contribution in [2.24, 2.45) is 0 Å². The summed E-state index contributed by atoms with van der Waals surface area (Å²) in [4.78, 5) is 24.2. The zero-order valence-corrected chi connectivity index (χ0v) is 10.6. The highest BCUT2D eigenvalue weighted by Crippen LogP contribution is 2.37. The van der Waals surface area contributed by atoms with Crippen molar-refractivity contribution in [3.8, 4) is 0 Å². The molecule has 0 aromatic rings. The Kier molecular flexibility index (Phi) is 3.26. The van der Waals surface area contributed by atoms with Crippen LogP contribution in [0.5, 0.6) is 0 Å². The molecule has 16 heavy (non-hydrogen) atoms. The Hall–Kier alpha value is -0.550. The number of hydrogen-bond donors (Lipinski definition) is 1. The van der Waals surface area contributed by atoms with E-state index < -0.39 is 0 Å². The fourth-order valence-corrected chi connectivity index (χ4v) is 3.49. The first-order chi connectivity index (χ1) is 7.52. The number of carbonyl (C=O) groups is 2. The standard InChI is InChI=1S/C11H18N2O2S/c1-11(4-3-5-16-11)7-12-8-6-9(14)13(2)10(8)15/h8,12H,3-7H2,1-2H3. The highest BCUT2D eigenvalue weighted by atomic mass is 32.2. The molecule has 0 saturated carbocycles. The van der Waals surface area contributed by atoms with E-state index in [-0.39, 0.29) is 22.6 Å². The van der Waals surface area contributed by atoms with Crippen LogP contribution in [0.2, 0.25) is 0 Å². The Morgan fingerprint density at radius 2 is 2.31 bits per heavy atom. The number of rotatable bonds is 3. The third-order valence-electron chi connectivity index (χ3n) is 3.40. The van der Waals surface area contributed by atoms with Crippen LogP contribution in [0.4, 0.5) is 0 Å². The largest absolute Gasteiger partial charge is 0.304 e. The van der Waals surface area contributed by atoms with Gasteiger partial charge in [0.15, 0.2) is 0 Å². The van der Waals surface area contributed by atoms with Crippen LogP contribution in [0.3, 0.4) is 0 Å². The summed E-state index contributed by atoms with van der Waals surface area (Å²) in [5, 5.41) is 3.24. The van der Waals surface area contributed by atoms with Crippen molar-refractivity contribution >= 4 is 23.6 Å². The molecule has 2 unspecified atom stereocenters. The van der Waals surface area contributed by atoms with Gasteiger partial charge in [0.1, 0.15) is 0 Å². The molecule has 0 spiro atoms. The number of nitrogens with one attached hydrogen (secondary N) is 1. The Balaban J connectivity index is 1.87. The minimum Gasteiger partial charge on any atom is -0.304 e. The quantitative estimate of drug-likeness (QED) is 0.737. The van der Waals surface area contributed by atoms with E-state index >= 15 is 0 Å². The molecule has 90 valence electrons. The lowest BCUT2D eigenvalue weighted by Gasteiger charge is -2.24. The van der Waals surface area contributed by atoms with Crippen LogP contribution in [0, 0.1) is 0 Å². The fourth-order valence-electron chi connectivity index (χ4n) is 2.23. The lowest BCUT2D eigenvalue weighted by Crippen LogP contribution is -2.43. The molecule has 2 saturated heterocycles. The average Bonchev–Trinajstić information content (AvgIpc) is 2.77. The summed E-state index contributed by atoms with van der Waals surface area (Å²) in [6.45, 7) is 3.04. The van der Waals surface area contributed by atoms with Crippen LogP contribution in [0.1, 0.15) is 26.2 Å². The molecule has 2 rings (SSSR count). The maximum Gasteiger partial charge on any atom is 0.246 e. The van der Waals surface area contributed by atoms with Gasteiger partial charge in [-0.15, -0.1) is 0 Å². The Bertz CT molecular complexity index is 313.